The lowest BCUT2D eigenvalue weighted by Crippen LogP contribution is -2.35. The number of anilines is 1. The van der Waals surface area contributed by atoms with Crippen LogP contribution in [0.15, 0.2) is 15.5 Å². The molecule has 2 heterocycles. The molecule has 20 heavy (non-hydrogen) atoms. The summed E-state index contributed by atoms with van der Waals surface area (Å²) in [6.07, 6.45) is 4.17. The molecule has 1 N–H and O–H groups in total. The summed E-state index contributed by atoms with van der Waals surface area (Å²) in [4.78, 5) is 14.4. The van der Waals surface area contributed by atoms with E-state index in [2.05, 4.69) is 31.2 Å². The Morgan fingerprint density at radius 3 is 2.75 bits per heavy atom. The molecular weight excluding hydrogens is 320 g/mol. The summed E-state index contributed by atoms with van der Waals surface area (Å²) in [5.74, 6) is 0.681. The molecule has 0 spiro atoms. The molecule has 112 valence electrons. The van der Waals surface area contributed by atoms with E-state index in [1.165, 1.54) is 17.5 Å². The number of hydrogen-bond acceptors (Lipinski definition) is 4. The monoisotopic (exact) mass is 342 g/mol. The average molecular weight is 343 g/mol. The smallest absolute Gasteiger partial charge is 0.283 e. The quantitative estimate of drug-likeness (QED) is 0.909. The van der Waals surface area contributed by atoms with Gasteiger partial charge in [-0.3, -0.25) is 4.79 Å². The topological polar surface area (TPSA) is 50.2 Å². The van der Waals surface area contributed by atoms with Gasteiger partial charge in [0.25, 0.3) is 5.56 Å². The first-order chi connectivity index (χ1) is 9.50. The first-order valence-electron chi connectivity index (χ1n) is 7.20. The maximum absolute atomic E-state index is 12.2. The number of halogens is 1. The minimum absolute atomic E-state index is 0.0605. The Kier molecular flexibility index (Phi) is 5.21. The second-order valence-corrected chi connectivity index (χ2v) is 6.55. The van der Waals surface area contributed by atoms with Gasteiger partial charge >= 0.3 is 0 Å². The van der Waals surface area contributed by atoms with Gasteiger partial charge in [-0.2, -0.15) is 5.10 Å². The third kappa shape index (κ3) is 3.41. The summed E-state index contributed by atoms with van der Waals surface area (Å²) in [5, 5.41) is 7.65. The van der Waals surface area contributed by atoms with Crippen LogP contribution in [-0.2, 0) is 0 Å². The van der Waals surface area contributed by atoms with Crippen LogP contribution in [0.3, 0.4) is 0 Å². The number of nitrogens with zero attached hydrogens (tertiary/aromatic N) is 3. The van der Waals surface area contributed by atoms with Crippen LogP contribution >= 0.6 is 15.9 Å². The maximum Gasteiger partial charge on any atom is 0.283 e. The molecule has 1 aromatic heterocycles. The van der Waals surface area contributed by atoms with Crippen LogP contribution in [0.25, 0.3) is 0 Å². The van der Waals surface area contributed by atoms with Crippen LogP contribution < -0.4 is 15.8 Å². The summed E-state index contributed by atoms with van der Waals surface area (Å²) in [7, 11) is 2.03. The standard InChI is InChI=1S/C14H23BrN4O/c1-10(2)19-14(20)13(15)12(8-17-19)18(3)9-11-4-6-16-7-5-11/h8,10-11,16H,4-7,9H2,1-3H3. The Bertz CT molecular complexity index is 508. The highest BCUT2D eigenvalue weighted by atomic mass is 79.9. The predicted octanol–water partition coefficient (Wildman–Crippen LogP) is 2.02. The molecular formula is C14H23BrN4O. The zero-order chi connectivity index (χ0) is 14.7. The van der Waals surface area contributed by atoms with E-state index >= 15 is 0 Å². The zero-order valence-electron chi connectivity index (χ0n) is 12.4. The van der Waals surface area contributed by atoms with Crippen molar-refractivity contribution >= 4 is 21.6 Å². The van der Waals surface area contributed by atoms with Crippen LogP contribution in [-0.4, -0.2) is 36.5 Å². The van der Waals surface area contributed by atoms with Gasteiger partial charge in [0.05, 0.1) is 17.9 Å². The van der Waals surface area contributed by atoms with Crippen molar-refractivity contribution in [3.8, 4) is 0 Å². The highest BCUT2D eigenvalue weighted by molar-refractivity contribution is 9.10. The van der Waals surface area contributed by atoms with Crippen molar-refractivity contribution in [2.75, 3.05) is 31.6 Å². The van der Waals surface area contributed by atoms with Crippen LogP contribution in [0.4, 0.5) is 5.69 Å². The summed E-state index contributed by atoms with van der Waals surface area (Å²) in [6.45, 7) is 7.06. The van der Waals surface area contributed by atoms with Gasteiger partial charge in [-0.25, -0.2) is 4.68 Å². The molecule has 0 aromatic carbocycles. The molecule has 2 rings (SSSR count). The van der Waals surface area contributed by atoms with Crippen molar-refractivity contribution in [3.05, 3.63) is 21.0 Å². The lowest BCUT2D eigenvalue weighted by molar-refractivity contribution is 0.377. The fraction of sp³-hybridized carbons (Fsp3) is 0.714. The molecule has 1 aromatic rings. The predicted molar refractivity (Wildman–Crippen MR) is 85.4 cm³/mol. The second kappa shape index (κ2) is 6.72. The molecule has 0 bridgehead atoms. The molecule has 0 saturated carbocycles. The number of piperidine rings is 1. The van der Waals surface area contributed by atoms with Gasteiger partial charge in [0.15, 0.2) is 0 Å². The molecule has 5 nitrogen and oxygen atoms in total. The van der Waals surface area contributed by atoms with E-state index in [1.54, 1.807) is 6.20 Å². The van der Waals surface area contributed by atoms with Crippen molar-refractivity contribution in [2.24, 2.45) is 5.92 Å². The molecule has 1 saturated heterocycles. The summed E-state index contributed by atoms with van der Waals surface area (Å²) in [5.41, 5.74) is 0.820. The van der Waals surface area contributed by atoms with Gasteiger partial charge in [-0.15, -0.1) is 0 Å². The van der Waals surface area contributed by atoms with Crippen molar-refractivity contribution in [1.82, 2.24) is 15.1 Å². The minimum atomic E-state index is -0.0605. The molecule has 1 aliphatic rings. The molecule has 0 unspecified atom stereocenters. The van der Waals surface area contributed by atoms with Crippen molar-refractivity contribution in [1.29, 1.82) is 0 Å². The van der Waals surface area contributed by atoms with Crippen molar-refractivity contribution in [3.63, 3.8) is 0 Å². The van der Waals surface area contributed by atoms with Gasteiger partial charge in [-0.1, -0.05) is 0 Å². The van der Waals surface area contributed by atoms with Crippen LogP contribution in [0, 0.1) is 5.92 Å². The number of rotatable bonds is 4. The first-order valence-corrected chi connectivity index (χ1v) is 7.99. The molecule has 0 radical (unpaired) electrons. The molecule has 0 amide bonds. The van der Waals surface area contributed by atoms with Gasteiger partial charge in [-0.05, 0) is 61.6 Å². The largest absolute Gasteiger partial charge is 0.372 e. The number of nitrogens with one attached hydrogen (secondary N) is 1. The van der Waals surface area contributed by atoms with Crippen molar-refractivity contribution in [2.45, 2.75) is 32.7 Å². The van der Waals surface area contributed by atoms with Gasteiger partial charge in [0.1, 0.15) is 4.47 Å². The fourth-order valence-corrected chi connectivity index (χ4v) is 3.21. The average Bonchev–Trinajstić information content (AvgIpc) is 2.42. The minimum Gasteiger partial charge on any atom is -0.372 e. The maximum atomic E-state index is 12.2. The third-order valence-electron chi connectivity index (χ3n) is 3.82. The highest BCUT2D eigenvalue weighted by Crippen LogP contribution is 2.23. The van der Waals surface area contributed by atoms with E-state index in [0.717, 1.165) is 25.3 Å². The summed E-state index contributed by atoms with van der Waals surface area (Å²) >= 11 is 3.44. The van der Waals surface area contributed by atoms with Crippen LogP contribution in [0.1, 0.15) is 32.7 Å². The Labute approximate surface area is 128 Å². The lowest BCUT2D eigenvalue weighted by atomic mass is 9.97. The Morgan fingerprint density at radius 1 is 1.50 bits per heavy atom. The third-order valence-corrected chi connectivity index (χ3v) is 4.56. The Morgan fingerprint density at radius 2 is 2.15 bits per heavy atom. The lowest BCUT2D eigenvalue weighted by Gasteiger charge is -2.29. The highest BCUT2D eigenvalue weighted by Gasteiger charge is 2.18. The first kappa shape index (κ1) is 15.5. The Hall–Kier alpha value is -0.880. The molecule has 1 fully saturated rings. The van der Waals surface area contributed by atoms with E-state index in [9.17, 15) is 4.79 Å². The van der Waals surface area contributed by atoms with Gasteiger partial charge < -0.3 is 10.2 Å². The molecule has 0 atom stereocenters. The normalized spacial score (nSPS) is 16.6. The molecule has 1 aliphatic heterocycles. The van der Waals surface area contributed by atoms with Gasteiger partial charge in [0.2, 0.25) is 0 Å². The second-order valence-electron chi connectivity index (χ2n) is 5.76. The summed E-state index contributed by atoms with van der Waals surface area (Å²) in [6, 6.07) is 0.0718. The zero-order valence-corrected chi connectivity index (χ0v) is 14.0. The SMILES string of the molecule is CC(C)n1ncc(N(C)CC2CCNCC2)c(Br)c1=O. The van der Waals surface area contributed by atoms with Crippen LogP contribution in [0.5, 0.6) is 0 Å². The molecule has 0 aliphatic carbocycles. The van der Waals surface area contributed by atoms with Crippen molar-refractivity contribution < 1.29 is 0 Å². The Balaban J connectivity index is 2.15. The van der Waals surface area contributed by atoms with E-state index in [4.69, 9.17) is 0 Å². The van der Waals surface area contributed by atoms with E-state index < -0.39 is 0 Å². The molecule has 6 heteroatoms. The summed E-state index contributed by atoms with van der Waals surface area (Å²) < 4.78 is 2.11. The van der Waals surface area contributed by atoms with E-state index in [-0.39, 0.29) is 11.6 Å². The van der Waals surface area contributed by atoms with Gasteiger partial charge in [0, 0.05) is 13.6 Å². The number of aromatic nitrogens is 2. The van der Waals surface area contributed by atoms with E-state index in [1.807, 2.05) is 20.9 Å². The van der Waals surface area contributed by atoms with E-state index in [0.29, 0.717) is 10.4 Å². The fourth-order valence-electron chi connectivity index (χ4n) is 2.62. The van der Waals surface area contributed by atoms with Crippen LogP contribution in [0.2, 0.25) is 0 Å². The number of hydrogen-bond donors (Lipinski definition) is 1.